The monoisotopic (exact) mass is 414 g/mol. The van der Waals surface area contributed by atoms with Crippen molar-refractivity contribution in [1.82, 2.24) is 9.21 Å². The van der Waals surface area contributed by atoms with Crippen molar-refractivity contribution in [3.8, 4) is 0 Å². The summed E-state index contributed by atoms with van der Waals surface area (Å²) in [5.41, 5.74) is 0.258. The standard InChI is InChI=1S/C18H26N2O5S2/c1-14-6-9-20(10-7-14)27(24,25)17-5-3-4-15(12-17)18(21)19(2)16-8-11-26(22,23)13-16/h3-5,12,14,16H,6-11,13H2,1-2H3/t16-/m1/s1. The van der Waals surface area contributed by atoms with E-state index in [0.717, 1.165) is 12.8 Å². The molecule has 150 valence electrons. The largest absolute Gasteiger partial charge is 0.338 e. The molecule has 1 aromatic rings. The predicted octanol–water partition coefficient (Wildman–Crippen LogP) is 1.37. The van der Waals surface area contributed by atoms with Gasteiger partial charge in [-0.25, -0.2) is 16.8 Å². The van der Waals surface area contributed by atoms with E-state index in [1.165, 1.54) is 21.3 Å². The van der Waals surface area contributed by atoms with Gasteiger partial charge < -0.3 is 4.90 Å². The molecule has 0 aromatic heterocycles. The molecule has 1 amide bonds. The highest BCUT2D eigenvalue weighted by atomic mass is 32.2. The summed E-state index contributed by atoms with van der Waals surface area (Å²) in [6, 6.07) is 5.66. The third-order valence-corrected chi connectivity index (χ3v) is 9.18. The first-order chi connectivity index (χ1) is 12.6. The Hall–Kier alpha value is -1.45. The molecule has 0 N–H and O–H groups in total. The van der Waals surface area contributed by atoms with Crippen LogP contribution < -0.4 is 0 Å². The molecule has 3 rings (SSSR count). The summed E-state index contributed by atoms with van der Waals surface area (Å²) >= 11 is 0. The van der Waals surface area contributed by atoms with Crippen LogP contribution in [0, 0.1) is 5.92 Å². The fraction of sp³-hybridized carbons (Fsp3) is 0.611. The lowest BCUT2D eigenvalue weighted by molar-refractivity contribution is 0.0747. The van der Waals surface area contributed by atoms with Crippen LogP contribution in [-0.4, -0.2) is 69.6 Å². The molecule has 2 aliphatic rings. The van der Waals surface area contributed by atoms with Crippen molar-refractivity contribution in [1.29, 1.82) is 0 Å². The number of rotatable bonds is 4. The fourth-order valence-corrected chi connectivity index (χ4v) is 6.90. The van der Waals surface area contributed by atoms with Gasteiger partial charge in [0.25, 0.3) is 5.91 Å². The van der Waals surface area contributed by atoms with E-state index < -0.39 is 19.9 Å². The average Bonchev–Trinajstić information content (AvgIpc) is 3.01. The molecule has 27 heavy (non-hydrogen) atoms. The van der Waals surface area contributed by atoms with Crippen LogP contribution in [0.4, 0.5) is 0 Å². The SMILES string of the molecule is CC1CCN(S(=O)(=O)c2cccc(C(=O)N(C)[C@@H]3CCS(=O)(=O)C3)c2)CC1. The lowest BCUT2D eigenvalue weighted by Crippen LogP contribution is -2.39. The van der Waals surface area contributed by atoms with Crippen LogP contribution in [0.1, 0.15) is 36.5 Å². The van der Waals surface area contributed by atoms with Crippen LogP contribution in [-0.2, 0) is 19.9 Å². The Morgan fingerprint density at radius 3 is 2.44 bits per heavy atom. The number of hydrogen-bond acceptors (Lipinski definition) is 5. The quantitative estimate of drug-likeness (QED) is 0.742. The number of amides is 1. The lowest BCUT2D eigenvalue weighted by atomic mass is 10.0. The Kier molecular flexibility index (Phi) is 5.65. The summed E-state index contributed by atoms with van der Waals surface area (Å²) < 4.78 is 50.6. The van der Waals surface area contributed by atoms with Crippen LogP contribution in [0.2, 0.25) is 0 Å². The van der Waals surface area contributed by atoms with E-state index in [1.54, 1.807) is 19.2 Å². The summed E-state index contributed by atoms with van der Waals surface area (Å²) in [6.45, 7) is 3.09. The van der Waals surface area contributed by atoms with E-state index in [9.17, 15) is 21.6 Å². The van der Waals surface area contributed by atoms with E-state index in [0.29, 0.717) is 25.4 Å². The van der Waals surface area contributed by atoms with Gasteiger partial charge in [-0.1, -0.05) is 13.0 Å². The zero-order chi connectivity index (χ0) is 19.8. The molecule has 0 aliphatic carbocycles. The number of nitrogens with zero attached hydrogens (tertiary/aromatic N) is 2. The number of sulfonamides is 1. The van der Waals surface area contributed by atoms with Gasteiger partial charge in [0, 0.05) is 31.7 Å². The molecule has 9 heteroatoms. The average molecular weight is 415 g/mol. The van der Waals surface area contributed by atoms with Gasteiger partial charge >= 0.3 is 0 Å². The molecular formula is C18H26N2O5S2. The van der Waals surface area contributed by atoms with Gasteiger partial charge in [-0.05, 0) is 43.4 Å². The minimum absolute atomic E-state index is 0.0425. The second-order valence-corrected chi connectivity index (χ2v) is 11.8. The minimum atomic E-state index is -3.64. The summed E-state index contributed by atoms with van der Waals surface area (Å²) in [5, 5.41) is 0. The third-order valence-electron chi connectivity index (χ3n) is 5.54. The summed E-state index contributed by atoms with van der Waals surface area (Å²) in [7, 11) is -5.17. The van der Waals surface area contributed by atoms with Gasteiger partial charge in [-0.3, -0.25) is 4.79 Å². The van der Waals surface area contributed by atoms with E-state index in [-0.39, 0.29) is 33.9 Å². The predicted molar refractivity (Wildman–Crippen MR) is 103 cm³/mol. The number of benzene rings is 1. The van der Waals surface area contributed by atoms with Crippen molar-refractivity contribution in [3.63, 3.8) is 0 Å². The smallest absolute Gasteiger partial charge is 0.253 e. The zero-order valence-corrected chi connectivity index (χ0v) is 17.3. The van der Waals surface area contributed by atoms with Gasteiger partial charge in [-0.2, -0.15) is 4.31 Å². The summed E-state index contributed by atoms with van der Waals surface area (Å²) in [6.07, 6.45) is 2.07. The maximum atomic E-state index is 12.9. The maximum Gasteiger partial charge on any atom is 0.253 e. The van der Waals surface area contributed by atoms with Crippen molar-refractivity contribution in [2.75, 3.05) is 31.6 Å². The number of hydrogen-bond donors (Lipinski definition) is 0. The molecule has 2 saturated heterocycles. The molecule has 2 aliphatic heterocycles. The highest BCUT2D eigenvalue weighted by Gasteiger charge is 2.34. The van der Waals surface area contributed by atoms with Crippen LogP contribution >= 0.6 is 0 Å². The molecule has 0 bridgehead atoms. The van der Waals surface area contributed by atoms with Gasteiger partial charge in [0.2, 0.25) is 10.0 Å². The van der Waals surface area contributed by atoms with Crippen molar-refractivity contribution < 1.29 is 21.6 Å². The zero-order valence-electron chi connectivity index (χ0n) is 15.7. The van der Waals surface area contributed by atoms with Crippen molar-refractivity contribution in [3.05, 3.63) is 29.8 Å². The van der Waals surface area contributed by atoms with Gasteiger partial charge in [0.05, 0.1) is 16.4 Å². The van der Waals surface area contributed by atoms with E-state index in [2.05, 4.69) is 6.92 Å². The van der Waals surface area contributed by atoms with Crippen LogP contribution in [0.25, 0.3) is 0 Å². The first-order valence-corrected chi connectivity index (χ1v) is 12.4. The van der Waals surface area contributed by atoms with E-state index >= 15 is 0 Å². The van der Waals surface area contributed by atoms with Crippen LogP contribution in [0.15, 0.2) is 29.2 Å². The lowest BCUT2D eigenvalue weighted by Gasteiger charge is -2.29. The fourth-order valence-electron chi connectivity index (χ4n) is 3.61. The Bertz CT molecular complexity index is 919. The first kappa shape index (κ1) is 20.3. The molecule has 0 spiro atoms. The van der Waals surface area contributed by atoms with Crippen LogP contribution in [0.3, 0.4) is 0 Å². The second kappa shape index (κ2) is 7.52. The molecule has 7 nitrogen and oxygen atoms in total. The van der Waals surface area contributed by atoms with Crippen LogP contribution in [0.5, 0.6) is 0 Å². The Balaban J connectivity index is 1.80. The van der Waals surface area contributed by atoms with E-state index in [4.69, 9.17) is 0 Å². The molecule has 0 unspecified atom stereocenters. The van der Waals surface area contributed by atoms with Gasteiger partial charge in [0.15, 0.2) is 9.84 Å². The van der Waals surface area contributed by atoms with Crippen molar-refractivity contribution >= 4 is 25.8 Å². The van der Waals surface area contributed by atoms with Gasteiger partial charge in [-0.15, -0.1) is 0 Å². The van der Waals surface area contributed by atoms with Crippen molar-refractivity contribution in [2.45, 2.75) is 37.1 Å². The first-order valence-electron chi connectivity index (χ1n) is 9.18. The molecule has 0 radical (unpaired) electrons. The molecule has 2 fully saturated rings. The summed E-state index contributed by atoms with van der Waals surface area (Å²) in [4.78, 5) is 14.3. The highest BCUT2D eigenvalue weighted by Crippen LogP contribution is 2.25. The topological polar surface area (TPSA) is 91.8 Å². The number of carbonyl (C=O) groups is 1. The van der Waals surface area contributed by atoms with E-state index in [1.807, 2.05) is 0 Å². The normalized spacial score (nSPS) is 24.0. The molecule has 2 heterocycles. The maximum absolute atomic E-state index is 12.9. The number of carbonyl (C=O) groups excluding carboxylic acids is 1. The van der Waals surface area contributed by atoms with Gasteiger partial charge in [0.1, 0.15) is 0 Å². The molecule has 0 saturated carbocycles. The Labute approximate surface area is 161 Å². The minimum Gasteiger partial charge on any atom is -0.338 e. The third kappa shape index (κ3) is 4.35. The highest BCUT2D eigenvalue weighted by molar-refractivity contribution is 7.91. The number of piperidine rings is 1. The molecular weight excluding hydrogens is 388 g/mol. The molecule has 1 aromatic carbocycles. The Morgan fingerprint density at radius 2 is 1.85 bits per heavy atom. The second-order valence-electron chi connectivity index (χ2n) is 7.59. The Morgan fingerprint density at radius 1 is 1.19 bits per heavy atom. The summed E-state index contributed by atoms with van der Waals surface area (Å²) in [5.74, 6) is 0.193. The molecule has 1 atom stereocenters. The number of sulfone groups is 1. The van der Waals surface area contributed by atoms with Crippen molar-refractivity contribution in [2.24, 2.45) is 5.92 Å².